The van der Waals surface area contributed by atoms with Crippen LogP contribution in [0.25, 0.3) is 11.0 Å². The number of halogens is 3. The van der Waals surface area contributed by atoms with Gasteiger partial charge in [-0.15, -0.1) is 0 Å². The third-order valence-corrected chi connectivity index (χ3v) is 8.02. The molecule has 0 fully saturated rings. The second-order valence-electron chi connectivity index (χ2n) is 11.2. The van der Waals surface area contributed by atoms with Crippen molar-refractivity contribution >= 4 is 48.3 Å². The highest BCUT2D eigenvalue weighted by Crippen LogP contribution is 2.37. The van der Waals surface area contributed by atoms with Gasteiger partial charge in [0, 0.05) is 59.0 Å². The van der Waals surface area contributed by atoms with Crippen LogP contribution in [-0.2, 0) is 16.3 Å². The first-order valence-corrected chi connectivity index (χ1v) is 16.9. The van der Waals surface area contributed by atoms with E-state index in [1.54, 1.807) is 38.7 Å². The summed E-state index contributed by atoms with van der Waals surface area (Å²) in [4.78, 5) is 30.5. The first kappa shape index (κ1) is 31.3. The molecule has 0 saturated heterocycles. The van der Waals surface area contributed by atoms with Gasteiger partial charge in [0.05, 0.1) is 10.4 Å². The fourth-order valence-corrected chi connectivity index (χ4v) is 4.85. The van der Waals surface area contributed by atoms with E-state index in [0.29, 0.717) is 17.6 Å². The Hall–Kier alpha value is -3.22. The lowest BCUT2D eigenvalue weighted by atomic mass is 10.0. The normalized spacial score (nSPS) is 12.5. The van der Waals surface area contributed by atoms with Crippen LogP contribution in [0.5, 0.6) is 11.5 Å². The zero-order chi connectivity index (χ0) is 29.8. The van der Waals surface area contributed by atoms with Gasteiger partial charge in [-0.1, -0.05) is 45.1 Å². The molecule has 218 valence electrons. The summed E-state index contributed by atoms with van der Waals surface area (Å²) in [7, 11) is 1.89. The molecule has 0 spiro atoms. The van der Waals surface area contributed by atoms with Crippen molar-refractivity contribution in [3.8, 4) is 11.5 Å². The van der Waals surface area contributed by atoms with Crippen LogP contribution in [0, 0.1) is 17.6 Å². The summed E-state index contributed by atoms with van der Waals surface area (Å²) in [5, 5.41) is 5.58. The first-order chi connectivity index (χ1) is 18.7. The number of aromatic nitrogens is 2. The molecule has 2 N–H and O–H groups in total. The number of urea groups is 1. The second kappa shape index (κ2) is 13.0. The van der Waals surface area contributed by atoms with Crippen LogP contribution >= 0.6 is 11.6 Å². The maximum absolute atomic E-state index is 15.0. The minimum Gasteiger partial charge on any atom is -0.450 e. The molecule has 0 radical (unpaired) electrons. The molecule has 13 heteroatoms. The van der Waals surface area contributed by atoms with E-state index in [9.17, 15) is 9.59 Å². The van der Waals surface area contributed by atoms with E-state index in [2.05, 4.69) is 35.3 Å². The number of rotatable bonds is 11. The van der Waals surface area contributed by atoms with Crippen LogP contribution in [-0.4, -0.2) is 61.2 Å². The Bertz CT molecular complexity index is 1350. The Labute approximate surface area is 238 Å². The summed E-state index contributed by atoms with van der Waals surface area (Å²) in [5.41, 5.74) is 0.289. The van der Waals surface area contributed by atoms with Crippen LogP contribution in [0.4, 0.5) is 19.3 Å². The molecule has 0 aliphatic heterocycles. The van der Waals surface area contributed by atoms with Gasteiger partial charge in [-0.3, -0.25) is 4.79 Å². The predicted octanol–water partition coefficient (Wildman–Crippen LogP) is 6.31. The monoisotopic (exact) mass is 595 g/mol. The van der Waals surface area contributed by atoms with Crippen molar-refractivity contribution in [1.82, 2.24) is 19.8 Å². The summed E-state index contributed by atoms with van der Waals surface area (Å²) >= 11 is 6.44. The van der Waals surface area contributed by atoms with Gasteiger partial charge in [0.25, 0.3) is 0 Å². The van der Waals surface area contributed by atoms with Gasteiger partial charge >= 0.3 is 6.03 Å². The number of carbonyl (C=O) groups excluding carboxylic acids is 2. The van der Waals surface area contributed by atoms with E-state index in [1.807, 2.05) is 0 Å². The summed E-state index contributed by atoms with van der Waals surface area (Å²) in [5.74, 6) is -3.17. The Morgan fingerprint density at radius 3 is 2.40 bits per heavy atom. The third kappa shape index (κ3) is 7.92. The number of anilines is 1. The number of amides is 3. The maximum atomic E-state index is 15.0. The van der Waals surface area contributed by atoms with Crippen molar-refractivity contribution in [1.29, 1.82) is 0 Å². The van der Waals surface area contributed by atoms with Gasteiger partial charge in [0.2, 0.25) is 5.91 Å². The maximum Gasteiger partial charge on any atom is 0.319 e. The molecule has 3 aromatic rings. The number of hydrogen-bond donors (Lipinski definition) is 2. The zero-order valence-electron chi connectivity index (χ0n) is 23.8. The van der Waals surface area contributed by atoms with Crippen molar-refractivity contribution in [3.05, 3.63) is 47.2 Å². The van der Waals surface area contributed by atoms with Crippen LogP contribution in [0.15, 0.2) is 30.6 Å². The van der Waals surface area contributed by atoms with Crippen molar-refractivity contribution in [2.45, 2.75) is 52.3 Å². The van der Waals surface area contributed by atoms with Gasteiger partial charge in [-0.25, -0.2) is 18.6 Å². The average Bonchev–Trinajstić information content (AvgIpc) is 3.17. The van der Waals surface area contributed by atoms with Gasteiger partial charge in [-0.2, -0.15) is 0 Å². The van der Waals surface area contributed by atoms with Crippen LogP contribution < -0.4 is 15.4 Å². The van der Waals surface area contributed by atoms with Crippen LogP contribution in [0.1, 0.15) is 13.8 Å². The van der Waals surface area contributed by atoms with E-state index in [4.69, 9.17) is 21.1 Å². The number of pyridine rings is 1. The van der Waals surface area contributed by atoms with E-state index in [1.165, 1.54) is 17.2 Å². The van der Waals surface area contributed by atoms with Crippen molar-refractivity contribution in [3.63, 3.8) is 0 Å². The number of nitrogens with one attached hydrogen (secondary N) is 2. The van der Waals surface area contributed by atoms with Crippen molar-refractivity contribution < 1.29 is 27.8 Å². The first-order valence-electron chi connectivity index (χ1n) is 12.8. The van der Waals surface area contributed by atoms with E-state index in [0.717, 1.165) is 18.2 Å². The summed E-state index contributed by atoms with van der Waals surface area (Å²) in [6.45, 7) is 11.1. The summed E-state index contributed by atoms with van der Waals surface area (Å²) in [6.07, 6.45) is 3.08. The van der Waals surface area contributed by atoms with Crippen LogP contribution in [0.2, 0.25) is 30.7 Å². The number of hydrogen-bond acceptors (Lipinski definition) is 5. The summed E-state index contributed by atoms with van der Waals surface area (Å²) in [6, 6.07) is 2.71. The molecule has 0 aliphatic rings. The molecule has 40 heavy (non-hydrogen) atoms. The number of ether oxygens (including phenoxy) is 2. The van der Waals surface area contributed by atoms with E-state index in [-0.39, 0.29) is 35.0 Å². The fraction of sp³-hybridized carbons (Fsp3) is 0.444. The van der Waals surface area contributed by atoms with Gasteiger partial charge < -0.3 is 29.6 Å². The smallest absolute Gasteiger partial charge is 0.319 e. The fourth-order valence-electron chi connectivity index (χ4n) is 3.80. The van der Waals surface area contributed by atoms with E-state index >= 15 is 8.78 Å². The molecular weight excluding hydrogens is 560 g/mol. The Morgan fingerprint density at radius 2 is 1.82 bits per heavy atom. The number of nitrogens with zero attached hydrogens (tertiary/aromatic N) is 3. The van der Waals surface area contributed by atoms with Crippen molar-refractivity contribution in [2.24, 2.45) is 5.92 Å². The zero-order valence-corrected chi connectivity index (χ0v) is 25.5. The van der Waals surface area contributed by atoms with Crippen molar-refractivity contribution in [2.75, 3.05) is 26.0 Å². The third-order valence-electron chi connectivity index (χ3n) is 6.03. The lowest BCUT2D eigenvalue weighted by Crippen LogP contribution is -2.50. The van der Waals surface area contributed by atoms with Gasteiger partial charge in [-0.05, 0) is 18.0 Å². The Balaban J connectivity index is 1.77. The SMILES string of the molecule is CC(C)C(NC(=O)Nc1cc(F)c(Oc2ccnc3c2c(Cl)cn3COCC[Si](C)(C)C)c(F)c1)C(=O)N(C)C. The highest BCUT2D eigenvalue weighted by atomic mass is 35.5. The summed E-state index contributed by atoms with van der Waals surface area (Å²) < 4.78 is 43.2. The molecule has 0 bridgehead atoms. The molecule has 3 amide bonds. The largest absolute Gasteiger partial charge is 0.450 e. The molecule has 1 unspecified atom stereocenters. The predicted molar refractivity (Wildman–Crippen MR) is 155 cm³/mol. The van der Waals surface area contributed by atoms with Crippen LogP contribution in [0.3, 0.4) is 0 Å². The molecule has 1 aromatic carbocycles. The Morgan fingerprint density at radius 1 is 1.18 bits per heavy atom. The van der Waals surface area contributed by atoms with Gasteiger partial charge in [0.1, 0.15) is 24.2 Å². The van der Waals surface area contributed by atoms with Gasteiger partial charge in [0.15, 0.2) is 17.4 Å². The highest BCUT2D eigenvalue weighted by molar-refractivity contribution is 6.76. The second-order valence-corrected chi connectivity index (χ2v) is 17.3. The number of fused-ring (bicyclic) bond motifs is 1. The van der Waals surface area contributed by atoms with E-state index < -0.39 is 37.5 Å². The Kier molecular flexibility index (Phi) is 10.1. The molecular formula is C27H36ClF2N5O4Si. The number of benzene rings is 1. The molecule has 0 aliphatic carbocycles. The average molecular weight is 596 g/mol. The molecule has 9 nitrogen and oxygen atoms in total. The minimum absolute atomic E-state index is 0.106. The quantitative estimate of drug-likeness (QED) is 0.200. The lowest BCUT2D eigenvalue weighted by Gasteiger charge is -2.24. The highest BCUT2D eigenvalue weighted by Gasteiger charge is 2.26. The topological polar surface area (TPSA) is 97.7 Å². The molecule has 2 aromatic heterocycles. The molecule has 3 rings (SSSR count). The lowest BCUT2D eigenvalue weighted by molar-refractivity contribution is -0.131. The minimum atomic E-state index is -1.25. The number of carbonyl (C=O) groups is 2. The molecule has 0 saturated carbocycles. The standard InChI is InChI=1S/C27H36ClF2N5O4Si/c1-16(2)23(26(36)34(3)4)33-27(37)32-17-12-19(29)24(20(30)13-17)39-21-8-9-31-25-22(21)18(28)14-35(25)15-38-10-11-40(5,6)7/h8-9,12-14,16,23H,10-11,15H2,1-7H3,(H2,32,33,37). The number of likely N-dealkylation sites (N-methyl/N-ethyl adjacent to an activating group) is 1. The molecule has 1 atom stereocenters. The molecule has 2 heterocycles.